The Labute approximate surface area is 192 Å². The number of hydrogen-bond donors (Lipinski definition) is 1. The number of benzene rings is 1. The molecule has 2 atom stereocenters. The molecule has 4 fully saturated rings. The molecule has 1 heterocycles. The van der Waals surface area contributed by atoms with Crippen molar-refractivity contribution in [1.29, 1.82) is 0 Å². The van der Waals surface area contributed by atoms with Gasteiger partial charge in [-0.2, -0.15) is 0 Å². The summed E-state index contributed by atoms with van der Waals surface area (Å²) in [5.41, 5.74) is 1.36. The maximum atomic E-state index is 12.8. The van der Waals surface area contributed by atoms with E-state index in [2.05, 4.69) is 31.4 Å². The number of carbonyl (C=O) groups is 1. The topological polar surface area (TPSA) is 54.9 Å². The third kappa shape index (κ3) is 4.53. The number of carbonyl (C=O) groups excluding carboxylic acids is 1. The Balaban J connectivity index is 1.17. The molecule has 4 bridgehead atoms. The number of hydrogen-bond acceptors (Lipinski definition) is 5. The molecule has 1 aromatic heterocycles. The summed E-state index contributed by atoms with van der Waals surface area (Å²) in [6.07, 6.45) is 8.11. The summed E-state index contributed by atoms with van der Waals surface area (Å²) in [5, 5.41) is 12.8. The second-order valence-electron chi connectivity index (χ2n) is 9.13. The van der Waals surface area contributed by atoms with Crippen LogP contribution < -0.4 is 5.32 Å². The van der Waals surface area contributed by atoms with Crippen LogP contribution in [0.3, 0.4) is 0 Å². The number of nitrogens with one attached hydrogen (secondary N) is 1. The molecule has 1 aromatic carbocycles. The summed E-state index contributed by atoms with van der Waals surface area (Å²) < 4.78 is 1.15. The summed E-state index contributed by atoms with van der Waals surface area (Å²) in [5.74, 6) is 2.48. The number of anilines is 1. The van der Waals surface area contributed by atoms with Gasteiger partial charge in [0.25, 0.3) is 0 Å². The Morgan fingerprint density at radius 3 is 2.62 bits per heavy atom. The van der Waals surface area contributed by atoms with E-state index in [0.717, 1.165) is 33.4 Å². The molecule has 4 nitrogen and oxygen atoms in total. The Kier molecular flexibility index (Phi) is 5.46. The molecule has 154 valence electrons. The van der Waals surface area contributed by atoms with Gasteiger partial charge in [-0.05, 0) is 73.5 Å². The molecule has 2 aromatic rings. The average molecular weight is 513 g/mol. The van der Waals surface area contributed by atoms with Gasteiger partial charge in [-0.1, -0.05) is 62.8 Å². The van der Waals surface area contributed by atoms with Gasteiger partial charge in [0.05, 0.1) is 0 Å². The van der Waals surface area contributed by atoms with Crippen molar-refractivity contribution < 1.29 is 4.79 Å². The fourth-order valence-corrected chi connectivity index (χ4v) is 9.45. The Bertz CT molecular complexity index is 905. The zero-order chi connectivity index (χ0) is 20.1. The van der Waals surface area contributed by atoms with Crippen molar-refractivity contribution in [2.75, 3.05) is 5.32 Å². The molecular weight excluding hydrogens is 490 g/mol. The van der Waals surface area contributed by atoms with Gasteiger partial charge >= 0.3 is 0 Å². The molecule has 29 heavy (non-hydrogen) atoms. The molecule has 6 rings (SSSR count). The van der Waals surface area contributed by atoms with Crippen LogP contribution in [0.1, 0.15) is 50.5 Å². The molecule has 4 aliphatic carbocycles. The molecule has 0 radical (unpaired) electrons. The van der Waals surface area contributed by atoms with E-state index < -0.39 is 0 Å². The van der Waals surface area contributed by atoms with E-state index in [1.807, 2.05) is 24.3 Å². The first-order chi connectivity index (χ1) is 13.9. The number of rotatable bonds is 6. The predicted molar refractivity (Wildman–Crippen MR) is 123 cm³/mol. The van der Waals surface area contributed by atoms with E-state index in [0.29, 0.717) is 11.6 Å². The van der Waals surface area contributed by atoms with E-state index in [4.69, 9.17) is 11.6 Å². The molecule has 0 unspecified atom stereocenters. The highest BCUT2D eigenvalue weighted by Gasteiger charge is 2.57. The SMILES string of the molecule is O=C(CC12C[C@H]3C[C@@H](CC(Br)(C3)C1)C2)Nc1nnc(SCc2ccc(Cl)cc2)s1. The molecule has 0 saturated heterocycles. The van der Waals surface area contributed by atoms with Crippen LogP contribution in [0.15, 0.2) is 28.6 Å². The minimum absolute atomic E-state index is 0.0912. The zero-order valence-electron chi connectivity index (χ0n) is 16.0. The standard InChI is InChI=1S/C21H23BrClN3OS2/c22-21-8-14-5-15(9-21)7-20(6-14,12-21)10-17(27)24-18-25-26-19(29-18)28-11-13-1-3-16(23)4-2-13/h1-4,14-15H,5-12H2,(H,24,25,27)/t14-,15-,20?,21?/m1/s1. The summed E-state index contributed by atoms with van der Waals surface area (Å²) in [4.78, 5) is 12.8. The monoisotopic (exact) mass is 511 g/mol. The normalized spacial score (nSPS) is 32.5. The van der Waals surface area contributed by atoms with Crippen molar-refractivity contribution in [3.63, 3.8) is 0 Å². The number of alkyl halides is 1. The minimum Gasteiger partial charge on any atom is -0.300 e. The zero-order valence-corrected chi connectivity index (χ0v) is 20.0. The number of amides is 1. The van der Waals surface area contributed by atoms with Crippen molar-refractivity contribution in [2.45, 2.75) is 59.4 Å². The second kappa shape index (κ2) is 7.81. The van der Waals surface area contributed by atoms with Crippen LogP contribution in [-0.4, -0.2) is 20.4 Å². The molecule has 4 saturated carbocycles. The largest absolute Gasteiger partial charge is 0.300 e. The van der Waals surface area contributed by atoms with Crippen molar-refractivity contribution >= 4 is 61.7 Å². The maximum absolute atomic E-state index is 12.8. The predicted octanol–water partition coefficient (Wildman–Crippen LogP) is 6.55. The van der Waals surface area contributed by atoms with Crippen LogP contribution in [0.5, 0.6) is 0 Å². The summed E-state index contributed by atoms with van der Waals surface area (Å²) in [7, 11) is 0. The Morgan fingerprint density at radius 1 is 1.21 bits per heavy atom. The van der Waals surface area contributed by atoms with Crippen LogP contribution in [0.4, 0.5) is 5.13 Å². The fourth-order valence-electron chi connectivity index (χ4n) is 6.09. The van der Waals surface area contributed by atoms with Gasteiger partial charge in [0.1, 0.15) is 0 Å². The smallest absolute Gasteiger partial charge is 0.226 e. The van der Waals surface area contributed by atoms with Crippen LogP contribution in [0.25, 0.3) is 0 Å². The van der Waals surface area contributed by atoms with Gasteiger partial charge in [-0.15, -0.1) is 10.2 Å². The maximum Gasteiger partial charge on any atom is 0.226 e. The molecule has 1 amide bonds. The van der Waals surface area contributed by atoms with Gasteiger partial charge in [0.2, 0.25) is 11.0 Å². The highest BCUT2D eigenvalue weighted by Crippen LogP contribution is 2.65. The third-order valence-electron chi connectivity index (χ3n) is 6.57. The van der Waals surface area contributed by atoms with E-state index >= 15 is 0 Å². The lowest BCUT2D eigenvalue weighted by Gasteiger charge is -2.60. The van der Waals surface area contributed by atoms with Crippen LogP contribution in [-0.2, 0) is 10.5 Å². The lowest BCUT2D eigenvalue weighted by atomic mass is 9.48. The van der Waals surface area contributed by atoms with Gasteiger partial charge in [0.15, 0.2) is 4.34 Å². The van der Waals surface area contributed by atoms with E-state index in [-0.39, 0.29) is 15.6 Å². The van der Waals surface area contributed by atoms with Crippen molar-refractivity contribution in [3.8, 4) is 0 Å². The number of nitrogens with zero attached hydrogens (tertiary/aromatic N) is 2. The average Bonchev–Trinajstić information content (AvgIpc) is 3.05. The van der Waals surface area contributed by atoms with Crippen molar-refractivity contribution in [2.24, 2.45) is 17.3 Å². The molecule has 4 aliphatic rings. The van der Waals surface area contributed by atoms with E-state index in [1.165, 1.54) is 49.0 Å². The highest BCUT2D eigenvalue weighted by atomic mass is 79.9. The van der Waals surface area contributed by atoms with Crippen LogP contribution in [0, 0.1) is 17.3 Å². The minimum atomic E-state index is 0.0912. The van der Waals surface area contributed by atoms with Gasteiger partial charge in [-0.3, -0.25) is 4.79 Å². The first kappa shape index (κ1) is 20.3. The van der Waals surface area contributed by atoms with E-state index in [9.17, 15) is 4.79 Å². The second-order valence-corrected chi connectivity index (χ2v) is 13.4. The molecule has 0 spiro atoms. The van der Waals surface area contributed by atoms with Crippen LogP contribution >= 0.6 is 50.6 Å². The quantitative estimate of drug-likeness (QED) is 0.271. The number of aromatic nitrogens is 2. The lowest BCUT2D eigenvalue weighted by molar-refractivity contribution is -0.123. The van der Waals surface area contributed by atoms with Crippen molar-refractivity contribution in [1.82, 2.24) is 10.2 Å². The fraction of sp³-hybridized carbons (Fsp3) is 0.571. The van der Waals surface area contributed by atoms with Crippen molar-refractivity contribution in [3.05, 3.63) is 34.9 Å². The lowest BCUT2D eigenvalue weighted by Crippen LogP contribution is -2.53. The first-order valence-corrected chi connectivity index (χ1v) is 13.1. The summed E-state index contributed by atoms with van der Waals surface area (Å²) >= 11 is 13.0. The summed E-state index contributed by atoms with van der Waals surface area (Å²) in [6.45, 7) is 0. The molecule has 1 N–H and O–H groups in total. The van der Waals surface area contributed by atoms with Crippen LogP contribution in [0.2, 0.25) is 5.02 Å². The van der Waals surface area contributed by atoms with Gasteiger partial charge in [-0.25, -0.2) is 0 Å². The number of thioether (sulfide) groups is 1. The number of halogens is 2. The highest BCUT2D eigenvalue weighted by molar-refractivity contribution is 9.10. The summed E-state index contributed by atoms with van der Waals surface area (Å²) in [6, 6.07) is 7.82. The molecule has 8 heteroatoms. The van der Waals surface area contributed by atoms with E-state index in [1.54, 1.807) is 11.8 Å². The van der Waals surface area contributed by atoms with Gasteiger partial charge in [0, 0.05) is 21.5 Å². The molecular formula is C21H23BrClN3OS2. The Morgan fingerprint density at radius 2 is 1.93 bits per heavy atom. The Hall–Kier alpha value is -0.630. The third-order valence-corrected chi connectivity index (χ3v) is 9.80. The molecule has 0 aliphatic heterocycles. The van der Waals surface area contributed by atoms with Gasteiger partial charge < -0.3 is 5.32 Å². The first-order valence-electron chi connectivity index (χ1n) is 10.1.